The first kappa shape index (κ1) is 11.9. The maximum Gasteiger partial charge on any atom is 0.323 e. The molecule has 17 heavy (non-hydrogen) atoms. The normalized spacial score (nSPS) is 23.4. The Hall–Kier alpha value is -1.62. The summed E-state index contributed by atoms with van der Waals surface area (Å²) in [6.07, 6.45) is 4.09. The van der Waals surface area contributed by atoms with Crippen molar-refractivity contribution in [3.8, 4) is 5.75 Å². The summed E-state index contributed by atoms with van der Waals surface area (Å²) in [6, 6.07) is 1.58. The van der Waals surface area contributed by atoms with Gasteiger partial charge in [0.15, 0.2) is 0 Å². The molecule has 1 aliphatic rings. The molecule has 0 spiro atoms. The maximum absolute atomic E-state index is 11.3. The van der Waals surface area contributed by atoms with Gasteiger partial charge in [-0.05, 0) is 13.0 Å². The van der Waals surface area contributed by atoms with Crippen LogP contribution in [0.1, 0.15) is 12.0 Å². The molecule has 0 bridgehead atoms. The number of pyridine rings is 1. The number of esters is 1. The van der Waals surface area contributed by atoms with E-state index in [-0.39, 0.29) is 18.1 Å². The van der Waals surface area contributed by atoms with Gasteiger partial charge in [0.1, 0.15) is 17.9 Å². The van der Waals surface area contributed by atoms with Gasteiger partial charge < -0.3 is 14.8 Å². The number of nitrogens with one attached hydrogen (secondary N) is 1. The van der Waals surface area contributed by atoms with Crippen molar-refractivity contribution in [3.05, 3.63) is 24.0 Å². The second kappa shape index (κ2) is 5.14. The highest BCUT2D eigenvalue weighted by atomic mass is 16.5. The Balaban J connectivity index is 1.94. The van der Waals surface area contributed by atoms with Gasteiger partial charge in [-0.3, -0.25) is 9.78 Å². The van der Waals surface area contributed by atoms with Crippen molar-refractivity contribution in [2.24, 2.45) is 0 Å². The number of rotatable bonds is 3. The molecule has 1 fully saturated rings. The summed E-state index contributed by atoms with van der Waals surface area (Å²) >= 11 is 0. The predicted octanol–water partition coefficient (Wildman–Crippen LogP) is 0.672. The van der Waals surface area contributed by atoms with E-state index in [2.05, 4.69) is 15.0 Å². The molecule has 0 saturated carbocycles. The fourth-order valence-corrected chi connectivity index (χ4v) is 1.89. The summed E-state index contributed by atoms with van der Waals surface area (Å²) in [4.78, 5) is 15.3. The van der Waals surface area contributed by atoms with E-state index >= 15 is 0 Å². The average Bonchev–Trinajstić information content (AvgIpc) is 2.80. The lowest BCUT2D eigenvalue weighted by atomic mass is 10.2. The molecular weight excluding hydrogens is 220 g/mol. The quantitative estimate of drug-likeness (QED) is 0.782. The molecule has 0 aromatic carbocycles. The molecular formula is C12H16N2O3. The molecule has 1 aromatic rings. The highest BCUT2D eigenvalue weighted by Gasteiger charge is 2.31. The van der Waals surface area contributed by atoms with Crippen LogP contribution in [-0.2, 0) is 9.53 Å². The van der Waals surface area contributed by atoms with Gasteiger partial charge in [0.05, 0.1) is 7.11 Å². The first-order chi connectivity index (χ1) is 8.20. The lowest BCUT2D eigenvalue weighted by molar-refractivity contribution is -0.142. The molecule has 0 radical (unpaired) electrons. The summed E-state index contributed by atoms with van der Waals surface area (Å²) in [5, 5.41) is 3.08. The molecule has 5 nitrogen and oxygen atoms in total. The molecule has 0 amide bonds. The summed E-state index contributed by atoms with van der Waals surface area (Å²) in [5.41, 5.74) is 0.994. The number of carbonyl (C=O) groups excluding carboxylic acids is 1. The van der Waals surface area contributed by atoms with Gasteiger partial charge in [-0.25, -0.2) is 0 Å². The third-order valence-corrected chi connectivity index (χ3v) is 2.84. The largest absolute Gasteiger partial charge is 0.489 e. The van der Waals surface area contributed by atoms with E-state index in [4.69, 9.17) is 4.74 Å². The number of aromatic nitrogens is 1. The van der Waals surface area contributed by atoms with Crippen molar-refractivity contribution in [3.63, 3.8) is 0 Å². The van der Waals surface area contributed by atoms with E-state index in [0.717, 1.165) is 11.3 Å². The van der Waals surface area contributed by atoms with Crippen molar-refractivity contribution in [1.29, 1.82) is 0 Å². The maximum atomic E-state index is 11.3. The van der Waals surface area contributed by atoms with Gasteiger partial charge in [-0.2, -0.15) is 0 Å². The van der Waals surface area contributed by atoms with Crippen LogP contribution in [0.2, 0.25) is 0 Å². The highest BCUT2D eigenvalue weighted by Crippen LogP contribution is 2.20. The molecule has 0 aliphatic carbocycles. The number of nitrogens with zero attached hydrogens (tertiary/aromatic N) is 1. The fraction of sp³-hybridized carbons (Fsp3) is 0.500. The molecule has 1 saturated heterocycles. The molecule has 92 valence electrons. The van der Waals surface area contributed by atoms with E-state index in [9.17, 15) is 4.79 Å². The lowest BCUT2D eigenvalue weighted by Gasteiger charge is -2.14. The number of hydrogen-bond acceptors (Lipinski definition) is 5. The Morgan fingerprint density at radius 3 is 3.12 bits per heavy atom. The minimum Gasteiger partial charge on any atom is -0.489 e. The Morgan fingerprint density at radius 2 is 2.41 bits per heavy atom. The molecule has 1 N–H and O–H groups in total. The van der Waals surface area contributed by atoms with Crippen molar-refractivity contribution in [2.75, 3.05) is 13.7 Å². The molecule has 5 heteroatoms. The number of hydrogen-bond donors (Lipinski definition) is 1. The van der Waals surface area contributed by atoms with Crippen LogP contribution in [0.4, 0.5) is 0 Å². The Kier molecular flexibility index (Phi) is 3.58. The zero-order valence-electron chi connectivity index (χ0n) is 9.97. The van der Waals surface area contributed by atoms with Crippen LogP contribution in [0.25, 0.3) is 0 Å². The van der Waals surface area contributed by atoms with Gasteiger partial charge in [0, 0.05) is 30.9 Å². The third kappa shape index (κ3) is 2.74. The zero-order valence-corrected chi connectivity index (χ0v) is 9.97. The minimum atomic E-state index is -0.257. The van der Waals surface area contributed by atoms with Crippen LogP contribution in [0.5, 0.6) is 5.75 Å². The summed E-state index contributed by atoms with van der Waals surface area (Å²) in [6.45, 7) is 2.60. The third-order valence-electron chi connectivity index (χ3n) is 2.84. The molecule has 1 aliphatic heterocycles. The molecule has 1 aromatic heterocycles. The zero-order chi connectivity index (χ0) is 12.3. The number of methoxy groups -OCH3 is 1. The number of carbonyl (C=O) groups is 1. The standard InChI is InChI=1S/C12H16N2O3/c1-8-6-13-4-3-11(8)17-9-5-10(14-7-9)12(15)16-2/h3-4,6,9-10,14H,5,7H2,1-2H3. The van der Waals surface area contributed by atoms with E-state index in [0.29, 0.717) is 13.0 Å². The first-order valence-electron chi connectivity index (χ1n) is 5.59. The van der Waals surface area contributed by atoms with Crippen molar-refractivity contribution < 1.29 is 14.3 Å². The molecule has 2 rings (SSSR count). The minimum absolute atomic E-state index is 0.000185. The molecule has 2 unspecified atom stereocenters. The van der Waals surface area contributed by atoms with Gasteiger partial charge in [0.2, 0.25) is 0 Å². The van der Waals surface area contributed by atoms with Crippen molar-refractivity contribution in [2.45, 2.75) is 25.5 Å². The summed E-state index contributed by atoms with van der Waals surface area (Å²) < 4.78 is 10.5. The van der Waals surface area contributed by atoms with Crippen LogP contribution in [0.3, 0.4) is 0 Å². The highest BCUT2D eigenvalue weighted by molar-refractivity contribution is 5.76. The summed E-state index contributed by atoms with van der Waals surface area (Å²) in [7, 11) is 1.39. The Morgan fingerprint density at radius 1 is 1.59 bits per heavy atom. The SMILES string of the molecule is COC(=O)C1CC(Oc2ccncc2C)CN1. The van der Waals surface area contributed by atoms with Crippen LogP contribution < -0.4 is 10.1 Å². The second-order valence-corrected chi connectivity index (χ2v) is 4.10. The Labute approximate surface area is 100 Å². The van der Waals surface area contributed by atoms with Crippen molar-refractivity contribution >= 4 is 5.97 Å². The lowest BCUT2D eigenvalue weighted by Crippen LogP contribution is -2.31. The van der Waals surface area contributed by atoms with Gasteiger partial charge in [-0.15, -0.1) is 0 Å². The fourth-order valence-electron chi connectivity index (χ4n) is 1.89. The molecule has 2 heterocycles. The van der Waals surface area contributed by atoms with E-state index < -0.39 is 0 Å². The van der Waals surface area contributed by atoms with Crippen LogP contribution in [0, 0.1) is 6.92 Å². The average molecular weight is 236 g/mol. The topological polar surface area (TPSA) is 60.5 Å². The van der Waals surface area contributed by atoms with Crippen LogP contribution in [-0.4, -0.2) is 36.8 Å². The predicted molar refractivity (Wildman–Crippen MR) is 61.8 cm³/mol. The van der Waals surface area contributed by atoms with Crippen LogP contribution in [0.15, 0.2) is 18.5 Å². The number of aryl methyl sites for hydroxylation is 1. The summed E-state index contributed by atoms with van der Waals surface area (Å²) in [5.74, 6) is 0.583. The van der Waals surface area contributed by atoms with Gasteiger partial charge in [-0.1, -0.05) is 0 Å². The van der Waals surface area contributed by atoms with E-state index in [1.807, 2.05) is 13.0 Å². The van der Waals surface area contributed by atoms with Crippen molar-refractivity contribution in [1.82, 2.24) is 10.3 Å². The van der Waals surface area contributed by atoms with E-state index in [1.54, 1.807) is 12.4 Å². The Bertz CT molecular complexity index is 408. The van der Waals surface area contributed by atoms with E-state index in [1.165, 1.54) is 7.11 Å². The van der Waals surface area contributed by atoms with Crippen LogP contribution >= 0.6 is 0 Å². The molecule has 2 atom stereocenters. The smallest absolute Gasteiger partial charge is 0.323 e. The van der Waals surface area contributed by atoms with Gasteiger partial charge >= 0.3 is 5.97 Å². The first-order valence-corrected chi connectivity index (χ1v) is 5.59. The van der Waals surface area contributed by atoms with Gasteiger partial charge in [0.25, 0.3) is 0 Å². The monoisotopic (exact) mass is 236 g/mol. The number of ether oxygens (including phenoxy) is 2. The second-order valence-electron chi connectivity index (χ2n) is 4.10.